The van der Waals surface area contributed by atoms with Crippen molar-refractivity contribution in [3.63, 3.8) is 0 Å². The lowest BCUT2D eigenvalue weighted by Crippen LogP contribution is -2.51. The number of aromatic nitrogens is 5. The van der Waals surface area contributed by atoms with E-state index < -0.39 is 59.4 Å². The number of rotatable bonds is 9. The molecule has 1 unspecified atom stereocenters. The number of benzene rings is 2. The van der Waals surface area contributed by atoms with Crippen molar-refractivity contribution in [1.82, 2.24) is 34.5 Å². The van der Waals surface area contributed by atoms with Crippen molar-refractivity contribution in [1.29, 1.82) is 0 Å². The smallest absolute Gasteiger partial charge is 0.301 e. The van der Waals surface area contributed by atoms with E-state index in [1.54, 1.807) is 24.1 Å². The molecule has 66 heavy (non-hydrogen) atoms. The molecule has 0 spiro atoms. The van der Waals surface area contributed by atoms with Crippen molar-refractivity contribution in [2.24, 2.45) is 25.4 Å². The average Bonchev–Trinajstić information content (AvgIpc) is 4.09. The zero-order chi connectivity index (χ0) is 46.4. The molecule has 1 saturated carbocycles. The zero-order valence-electron chi connectivity index (χ0n) is 36.1. The van der Waals surface area contributed by atoms with Gasteiger partial charge in [0.05, 0.1) is 40.7 Å². The van der Waals surface area contributed by atoms with Crippen LogP contribution in [0.3, 0.4) is 0 Å². The van der Waals surface area contributed by atoms with Gasteiger partial charge in [-0.15, -0.1) is 0 Å². The summed E-state index contributed by atoms with van der Waals surface area (Å²) in [4.78, 5) is 50.3. The molecule has 14 nitrogen and oxygen atoms in total. The van der Waals surface area contributed by atoms with Gasteiger partial charge in [0.2, 0.25) is 29.9 Å². The van der Waals surface area contributed by atoms with E-state index in [0.29, 0.717) is 61.8 Å². The Kier molecular flexibility index (Phi) is 11.1. The van der Waals surface area contributed by atoms with E-state index >= 15 is 26.3 Å². The summed E-state index contributed by atoms with van der Waals surface area (Å²) in [5, 5.41) is 13.4. The minimum Gasteiger partial charge on any atom is -0.480 e. The highest BCUT2D eigenvalue weighted by molar-refractivity contribution is 6.33. The van der Waals surface area contributed by atoms with Crippen molar-refractivity contribution in [3.05, 3.63) is 68.7 Å². The summed E-state index contributed by atoms with van der Waals surface area (Å²) in [6.45, 7) is 0.533. The number of piperidine rings is 3. The van der Waals surface area contributed by atoms with E-state index in [-0.39, 0.29) is 107 Å². The van der Waals surface area contributed by atoms with E-state index in [1.165, 1.54) is 24.0 Å². The number of likely N-dealkylation sites (tertiary alicyclic amines) is 1. The molecule has 2 aromatic carbocycles. The third-order valence-electron chi connectivity index (χ3n) is 14.3. The predicted molar refractivity (Wildman–Crippen MR) is 234 cm³/mol. The molecule has 5 aromatic rings. The number of amides is 2. The third-order valence-corrected chi connectivity index (χ3v) is 14.6. The molecule has 3 N–H and O–H groups in total. The Morgan fingerprint density at radius 3 is 2.42 bits per heavy atom. The van der Waals surface area contributed by atoms with Gasteiger partial charge in [-0.05, 0) is 81.5 Å². The molecular formula is C45H47ClF6N10O4. The van der Waals surface area contributed by atoms with E-state index in [0.717, 1.165) is 10.6 Å². The maximum absolute atomic E-state index is 16.2. The number of ether oxygens (including phenoxy) is 1. The number of alkyl halides is 4. The summed E-state index contributed by atoms with van der Waals surface area (Å²) in [6, 6.07) is 4.71. The van der Waals surface area contributed by atoms with Gasteiger partial charge in [0.25, 0.3) is 5.56 Å². The number of hydrogen-bond acceptors (Lipinski definition) is 11. The standard InChI is InChI=1S/C45H47ClF6N10O4/c1-59-31-18-29(47)30(17-27(31)35-37(41(59)65)66-21-45(51,52)38(56-35)23-3-4-23)54-39-28(46)19-53-43(57-39)62-15-11-44(12-16-62,42(49)50)20-61-13-9-22(10-14-61)24-5-6-25-34(58-60(2)36(25)33(24)48)26-7-8-32(63)55-40(26)64/h5-6,17-19,22-23,26,38,42,56H,3-4,7-16,20-21H2,1-2H3,(H,53,54,57)(H,55,63,64)/t26?,38-/m0/s1. The number of nitrogens with one attached hydrogen (secondary N) is 3. The molecule has 7 heterocycles. The summed E-state index contributed by atoms with van der Waals surface area (Å²) in [5.74, 6) is -6.49. The molecule has 3 aromatic heterocycles. The third kappa shape index (κ3) is 7.76. The summed E-state index contributed by atoms with van der Waals surface area (Å²) < 4.78 is 101. The van der Waals surface area contributed by atoms with Crippen LogP contribution in [0.4, 0.5) is 49.5 Å². The van der Waals surface area contributed by atoms with Gasteiger partial charge in [0, 0.05) is 62.4 Å². The lowest BCUT2D eigenvalue weighted by molar-refractivity contribution is -0.134. The fraction of sp³-hybridized carbons (Fsp3) is 0.511. The van der Waals surface area contributed by atoms with Gasteiger partial charge in [-0.3, -0.25) is 24.4 Å². The van der Waals surface area contributed by atoms with Crippen molar-refractivity contribution in [2.75, 3.05) is 54.9 Å². The van der Waals surface area contributed by atoms with Crippen molar-refractivity contribution in [2.45, 2.75) is 81.6 Å². The molecule has 0 bridgehead atoms. The van der Waals surface area contributed by atoms with Gasteiger partial charge in [-0.25, -0.2) is 31.3 Å². The van der Waals surface area contributed by atoms with E-state index in [1.807, 2.05) is 4.90 Å². The molecule has 4 aliphatic heterocycles. The molecule has 21 heteroatoms. The Labute approximate surface area is 379 Å². The quantitative estimate of drug-likeness (QED) is 0.101. The Hall–Kier alpha value is -5.63. The van der Waals surface area contributed by atoms with Crippen molar-refractivity contribution in [3.8, 4) is 5.75 Å². The predicted octanol–water partition coefficient (Wildman–Crippen LogP) is 7.36. The van der Waals surface area contributed by atoms with Gasteiger partial charge in [0.1, 0.15) is 16.4 Å². The van der Waals surface area contributed by atoms with Crippen LogP contribution in [-0.2, 0) is 23.7 Å². The summed E-state index contributed by atoms with van der Waals surface area (Å²) in [7, 11) is 3.02. The first kappa shape index (κ1) is 44.2. The van der Waals surface area contributed by atoms with Crippen LogP contribution in [0.1, 0.15) is 74.5 Å². The van der Waals surface area contributed by atoms with Crippen LogP contribution >= 0.6 is 11.6 Å². The number of anilines is 4. The highest BCUT2D eigenvalue weighted by Gasteiger charge is 2.51. The largest absolute Gasteiger partial charge is 0.480 e. The Balaban J connectivity index is 0.816. The van der Waals surface area contributed by atoms with Gasteiger partial charge < -0.3 is 29.7 Å². The molecule has 2 amide bonds. The minimum atomic E-state index is -3.26. The number of pyridine rings is 1. The molecule has 5 aliphatic rings. The Morgan fingerprint density at radius 2 is 1.73 bits per heavy atom. The number of aryl methyl sites for hydroxylation is 2. The maximum Gasteiger partial charge on any atom is 0.301 e. The highest BCUT2D eigenvalue weighted by atomic mass is 35.5. The van der Waals surface area contributed by atoms with Crippen molar-refractivity contribution >= 4 is 68.4 Å². The van der Waals surface area contributed by atoms with Crippen LogP contribution in [0.25, 0.3) is 21.8 Å². The second-order valence-corrected chi connectivity index (χ2v) is 18.9. The highest BCUT2D eigenvalue weighted by Crippen LogP contribution is 2.47. The molecule has 1 aliphatic carbocycles. The lowest BCUT2D eigenvalue weighted by atomic mass is 9.77. The second kappa shape index (κ2) is 16.6. The summed E-state index contributed by atoms with van der Waals surface area (Å²) >= 11 is 6.51. The number of carbonyl (C=O) groups excluding carboxylic acids is 2. The van der Waals surface area contributed by atoms with E-state index in [9.17, 15) is 14.4 Å². The van der Waals surface area contributed by atoms with Crippen LogP contribution in [0.5, 0.6) is 5.75 Å². The maximum atomic E-state index is 16.2. The molecule has 350 valence electrons. The first-order chi connectivity index (χ1) is 31.5. The summed E-state index contributed by atoms with van der Waals surface area (Å²) in [5.41, 5.74) is -0.729. The minimum absolute atomic E-state index is 0.0183. The fourth-order valence-electron chi connectivity index (χ4n) is 10.4. The molecular weight excluding hydrogens is 894 g/mol. The van der Waals surface area contributed by atoms with Crippen LogP contribution in [0, 0.1) is 23.0 Å². The van der Waals surface area contributed by atoms with Crippen LogP contribution in [-0.4, -0.2) is 98.8 Å². The average molecular weight is 941 g/mol. The second-order valence-electron chi connectivity index (χ2n) is 18.5. The first-order valence-corrected chi connectivity index (χ1v) is 22.6. The van der Waals surface area contributed by atoms with Gasteiger partial charge >= 0.3 is 5.92 Å². The summed E-state index contributed by atoms with van der Waals surface area (Å²) in [6.07, 6.45) is 1.71. The van der Waals surface area contributed by atoms with Gasteiger partial charge in [-0.1, -0.05) is 23.7 Å². The molecule has 4 fully saturated rings. The van der Waals surface area contributed by atoms with E-state index in [4.69, 9.17) is 16.3 Å². The Morgan fingerprint density at radius 1 is 0.985 bits per heavy atom. The topological polar surface area (TPSA) is 152 Å². The number of halogens is 7. The normalized spacial score (nSPS) is 22.5. The monoisotopic (exact) mass is 940 g/mol. The van der Waals surface area contributed by atoms with Gasteiger partial charge in [0.15, 0.2) is 18.2 Å². The number of hydrogen-bond donors (Lipinski definition) is 3. The molecule has 2 atom stereocenters. The number of carbonyl (C=O) groups is 2. The lowest BCUT2D eigenvalue weighted by Gasteiger charge is -2.45. The van der Waals surface area contributed by atoms with Crippen LogP contribution in [0.15, 0.2) is 35.3 Å². The molecule has 3 saturated heterocycles. The zero-order valence-corrected chi connectivity index (χ0v) is 36.8. The Bertz CT molecular complexity index is 2840. The molecule has 10 rings (SSSR count). The van der Waals surface area contributed by atoms with Crippen LogP contribution < -0.4 is 31.1 Å². The van der Waals surface area contributed by atoms with E-state index in [2.05, 4.69) is 31.0 Å². The van der Waals surface area contributed by atoms with Gasteiger partial charge in [-0.2, -0.15) is 10.1 Å². The van der Waals surface area contributed by atoms with Crippen molar-refractivity contribution < 1.29 is 40.7 Å². The number of imide groups is 1. The first-order valence-electron chi connectivity index (χ1n) is 22.2. The number of nitrogens with zero attached hydrogens (tertiary/aromatic N) is 7. The SMILES string of the molecule is Cn1nc(C2CCC(=O)NC2=O)c2ccc(C3CCN(CC4(C(F)F)CCN(c5ncc(Cl)c(Nc6cc7c8c(c(=O)n(C)c7cc6F)OCC(F)(F)[C@H](C6CC6)N8)n5)CC4)CC3)c(F)c21. The fourth-order valence-corrected chi connectivity index (χ4v) is 10.5. The number of fused-ring (bicyclic) bond motifs is 4. The molecule has 0 radical (unpaired) electrons. The van der Waals surface area contributed by atoms with Crippen LogP contribution in [0.2, 0.25) is 5.02 Å².